The number of ketones is 1. The molecule has 0 radical (unpaired) electrons. The molecular formula is C16H22FNO. The van der Waals surface area contributed by atoms with Gasteiger partial charge in [-0.1, -0.05) is 13.3 Å². The number of hydrogen-bond donors (Lipinski definition) is 0. The first-order valence-corrected chi connectivity index (χ1v) is 7.23. The Labute approximate surface area is 114 Å². The van der Waals surface area contributed by atoms with E-state index < -0.39 is 0 Å². The van der Waals surface area contributed by atoms with E-state index >= 15 is 0 Å². The van der Waals surface area contributed by atoms with Crippen molar-refractivity contribution < 1.29 is 9.18 Å². The van der Waals surface area contributed by atoms with Crippen molar-refractivity contribution in [3.8, 4) is 0 Å². The predicted molar refractivity (Wildman–Crippen MR) is 74.9 cm³/mol. The SMILES string of the molecule is CCC1CCCCN1CCC(=O)c1ccc(F)cc1. The number of carbonyl (C=O) groups excluding carboxylic acids is 1. The highest BCUT2D eigenvalue weighted by atomic mass is 19.1. The summed E-state index contributed by atoms with van der Waals surface area (Å²) in [6.07, 6.45) is 5.48. The van der Waals surface area contributed by atoms with Crippen LogP contribution >= 0.6 is 0 Å². The van der Waals surface area contributed by atoms with Crippen molar-refractivity contribution >= 4 is 5.78 Å². The largest absolute Gasteiger partial charge is 0.300 e. The van der Waals surface area contributed by atoms with E-state index in [-0.39, 0.29) is 11.6 Å². The van der Waals surface area contributed by atoms with Crippen LogP contribution in [-0.2, 0) is 0 Å². The van der Waals surface area contributed by atoms with E-state index in [1.807, 2.05) is 0 Å². The molecular weight excluding hydrogens is 241 g/mol. The van der Waals surface area contributed by atoms with Crippen molar-refractivity contribution in [1.29, 1.82) is 0 Å². The van der Waals surface area contributed by atoms with Crippen molar-refractivity contribution in [3.63, 3.8) is 0 Å². The van der Waals surface area contributed by atoms with Crippen LogP contribution in [0.25, 0.3) is 0 Å². The highest BCUT2D eigenvalue weighted by Crippen LogP contribution is 2.20. The lowest BCUT2D eigenvalue weighted by Crippen LogP contribution is -2.40. The van der Waals surface area contributed by atoms with Gasteiger partial charge in [-0.15, -0.1) is 0 Å². The summed E-state index contributed by atoms with van der Waals surface area (Å²) in [5.41, 5.74) is 0.617. The average molecular weight is 263 g/mol. The number of hydrogen-bond acceptors (Lipinski definition) is 2. The topological polar surface area (TPSA) is 20.3 Å². The zero-order valence-electron chi connectivity index (χ0n) is 11.6. The van der Waals surface area contributed by atoms with Gasteiger partial charge in [0.2, 0.25) is 0 Å². The van der Waals surface area contributed by atoms with Crippen molar-refractivity contribution in [3.05, 3.63) is 35.6 Å². The third-order valence-corrected chi connectivity index (χ3v) is 4.01. The summed E-state index contributed by atoms with van der Waals surface area (Å²) in [7, 11) is 0. The van der Waals surface area contributed by atoms with Crippen LogP contribution < -0.4 is 0 Å². The van der Waals surface area contributed by atoms with Crippen LogP contribution in [0.4, 0.5) is 4.39 Å². The standard InChI is InChI=1S/C16H22FNO/c1-2-15-5-3-4-11-18(15)12-10-16(19)13-6-8-14(17)9-7-13/h6-9,15H,2-5,10-12H2,1H3. The molecule has 0 spiro atoms. The Morgan fingerprint density at radius 3 is 2.74 bits per heavy atom. The molecule has 1 heterocycles. The van der Waals surface area contributed by atoms with Gasteiger partial charge in [0.1, 0.15) is 5.82 Å². The minimum absolute atomic E-state index is 0.112. The van der Waals surface area contributed by atoms with E-state index in [0.717, 1.165) is 19.5 Å². The fraction of sp³-hybridized carbons (Fsp3) is 0.562. The van der Waals surface area contributed by atoms with E-state index in [0.29, 0.717) is 18.0 Å². The van der Waals surface area contributed by atoms with E-state index in [2.05, 4.69) is 11.8 Å². The zero-order valence-corrected chi connectivity index (χ0v) is 11.6. The minimum atomic E-state index is -0.293. The third kappa shape index (κ3) is 3.87. The lowest BCUT2D eigenvalue weighted by Gasteiger charge is -2.35. The van der Waals surface area contributed by atoms with Gasteiger partial charge in [0, 0.05) is 24.6 Å². The summed E-state index contributed by atoms with van der Waals surface area (Å²) < 4.78 is 12.8. The Balaban J connectivity index is 1.87. The lowest BCUT2D eigenvalue weighted by molar-refractivity contribution is 0.0923. The molecule has 0 saturated carbocycles. The van der Waals surface area contributed by atoms with Gasteiger partial charge in [-0.25, -0.2) is 4.39 Å². The maximum Gasteiger partial charge on any atom is 0.164 e. The molecule has 104 valence electrons. The van der Waals surface area contributed by atoms with Crippen molar-refractivity contribution in [2.75, 3.05) is 13.1 Å². The molecule has 0 bridgehead atoms. The summed E-state index contributed by atoms with van der Waals surface area (Å²) in [5.74, 6) is -0.181. The van der Waals surface area contributed by atoms with Gasteiger partial charge in [0.25, 0.3) is 0 Å². The number of rotatable bonds is 5. The maximum absolute atomic E-state index is 12.8. The highest BCUT2D eigenvalue weighted by Gasteiger charge is 2.21. The van der Waals surface area contributed by atoms with Gasteiger partial charge in [-0.2, -0.15) is 0 Å². The van der Waals surface area contributed by atoms with E-state index in [4.69, 9.17) is 0 Å². The number of benzene rings is 1. The monoisotopic (exact) mass is 263 g/mol. The van der Waals surface area contributed by atoms with Gasteiger partial charge in [0.05, 0.1) is 0 Å². The Morgan fingerprint density at radius 2 is 2.05 bits per heavy atom. The van der Waals surface area contributed by atoms with E-state index in [1.54, 1.807) is 12.1 Å². The first-order chi connectivity index (χ1) is 9.20. The number of nitrogens with zero attached hydrogens (tertiary/aromatic N) is 1. The van der Waals surface area contributed by atoms with Crippen LogP contribution in [0, 0.1) is 5.82 Å². The molecule has 1 aromatic rings. The van der Waals surface area contributed by atoms with E-state index in [9.17, 15) is 9.18 Å². The summed E-state index contributed by atoms with van der Waals surface area (Å²) >= 11 is 0. The molecule has 1 aromatic carbocycles. The van der Waals surface area contributed by atoms with E-state index in [1.165, 1.54) is 31.4 Å². The molecule has 2 nitrogen and oxygen atoms in total. The molecule has 3 heteroatoms. The third-order valence-electron chi connectivity index (χ3n) is 4.01. The fourth-order valence-corrected chi connectivity index (χ4v) is 2.84. The molecule has 0 aromatic heterocycles. The van der Waals surface area contributed by atoms with Gasteiger partial charge >= 0.3 is 0 Å². The van der Waals surface area contributed by atoms with Crippen LogP contribution in [0.15, 0.2) is 24.3 Å². The maximum atomic E-state index is 12.8. The summed E-state index contributed by atoms with van der Waals surface area (Å²) in [4.78, 5) is 14.5. The second-order valence-corrected chi connectivity index (χ2v) is 5.27. The molecule has 1 aliphatic rings. The van der Waals surface area contributed by atoms with Crippen molar-refractivity contribution in [2.45, 2.75) is 45.1 Å². The lowest BCUT2D eigenvalue weighted by atomic mass is 9.99. The molecule has 0 amide bonds. The number of likely N-dealkylation sites (tertiary alicyclic amines) is 1. The molecule has 2 rings (SSSR count). The van der Waals surface area contributed by atoms with Gasteiger partial charge in [0.15, 0.2) is 5.78 Å². The number of halogens is 1. The van der Waals surface area contributed by atoms with Crippen molar-refractivity contribution in [2.24, 2.45) is 0 Å². The average Bonchev–Trinajstić information content (AvgIpc) is 2.45. The van der Waals surface area contributed by atoms with Crippen molar-refractivity contribution in [1.82, 2.24) is 4.90 Å². The molecule has 1 unspecified atom stereocenters. The Hall–Kier alpha value is -1.22. The number of piperidine rings is 1. The Bertz CT molecular complexity index is 415. The number of carbonyl (C=O) groups is 1. The zero-order chi connectivity index (χ0) is 13.7. The molecule has 0 aliphatic carbocycles. The Kier molecular flexibility index (Phi) is 5.08. The van der Waals surface area contributed by atoms with Gasteiger partial charge in [-0.3, -0.25) is 9.69 Å². The summed E-state index contributed by atoms with van der Waals surface area (Å²) in [5, 5.41) is 0. The minimum Gasteiger partial charge on any atom is -0.300 e. The van der Waals surface area contributed by atoms with Crippen LogP contribution in [0.2, 0.25) is 0 Å². The second kappa shape index (κ2) is 6.80. The van der Waals surface area contributed by atoms with Crippen LogP contribution in [0.5, 0.6) is 0 Å². The fourth-order valence-electron chi connectivity index (χ4n) is 2.84. The summed E-state index contributed by atoms with van der Waals surface area (Å²) in [6.45, 7) is 4.15. The van der Waals surface area contributed by atoms with Crippen LogP contribution in [0.3, 0.4) is 0 Å². The molecule has 1 fully saturated rings. The van der Waals surface area contributed by atoms with Crippen LogP contribution in [0.1, 0.15) is 49.4 Å². The first-order valence-electron chi connectivity index (χ1n) is 7.23. The molecule has 1 saturated heterocycles. The number of Topliss-reactive ketones (excluding diaryl/α,β-unsaturated/α-hetero) is 1. The normalized spacial score (nSPS) is 20.4. The quantitative estimate of drug-likeness (QED) is 0.756. The first kappa shape index (κ1) is 14.2. The smallest absolute Gasteiger partial charge is 0.164 e. The predicted octanol–water partition coefficient (Wildman–Crippen LogP) is 3.66. The summed E-state index contributed by atoms with van der Waals surface area (Å²) in [6, 6.07) is 6.48. The molecule has 19 heavy (non-hydrogen) atoms. The highest BCUT2D eigenvalue weighted by molar-refractivity contribution is 5.96. The molecule has 1 aliphatic heterocycles. The van der Waals surface area contributed by atoms with Gasteiger partial charge < -0.3 is 0 Å². The van der Waals surface area contributed by atoms with Crippen LogP contribution in [-0.4, -0.2) is 29.8 Å². The molecule has 0 N–H and O–H groups in total. The van der Waals surface area contributed by atoms with Gasteiger partial charge in [-0.05, 0) is 50.1 Å². The molecule has 1 atom stereocenters. The Morgan fingerprint density at radius 1 is 1.32 bits per heavy atom. The second-order valence-electron chi connectivity index (χ2n) is 5.27.